The van der Waals surface area contributed by atoms with Gasteiger partial charge in [0.15, 0.2) is 0 Å². The van der Waals surface area contributed by atoms with Crippen LogP contribution in [0, 0.1) is 12.8 Å². The van der Waals surface area contributed by atoms with Crippen molar-refractivity contribution in [2.75, 3.05) is 12.0 Å². The number of benzene rings is 1. The van der Waals surface area contributed by atoms with E-state index in [0.29, 0.717) is 23.7 Å². The number of pyridine rings is 1. The number of para-hydroxylation sites is 1. The van der Waals surface area contributed by atoms with E-state index in [1.165, 1.54) is 12.1 Å². The molecule has 0 amide bonds. The number of anilines is 1. The van der Waals surface area contributed by atoms with E-state index in [1.54, 1.807) is 24.4 Å². The Balaban J connectivity index is 1.64. The smallest absolute Gasteiger partial charge is 0.493 e. The van der Waals surface area contributed by atoms with E-state index in [4.69, 9.17) is 10.6 Å². The van der Waals surface area contributed by atoms with Crippen molar-refractivity contribution in [1.82, 2.24) is 4.98 Å². The molecular weight excluding hydrogens is 335 g/mol. The monoisotopic (exact) mass is 353 g/mol. The Morgan fingerprint density at radius 1 is 1.24 bits per heavy atom. The average Bonchev–Trinajstić information content (AvgIpc) is 3.32. The van der Waals surface area contributed by atoms with Gasteiger partial charge in [0.25, 0.3) is 0 Å². The summed E-state index contributed by atoms with van der Waals surface area (Å²) < 4.78 is 47.5. The van der Waals surface area contributed by atoms with Crippen molar-refractivity contribution in [3.63, 3.8) is 0 Å². The van der Waals surface area contributed by atoms with Crippen molar-refractivity contribution in [1.29, 1.82) is 0 Å². The summed E-state index contributed by atoms with van der Waals surface area (Å²) in [5.41, 5.74) is 3.83. The molecule has 0 unspecified atom stereocenters. The fraction of sp³-hybridized carbons (Fsp3) is 0.353. The van der Waals surface area contributed by atoms with Crippen LogP contribution >= 0.6 is 0 Å². The van der Waals surface area contributed by atoms with Gasteiger partial charge in [-0.3, -0.25) is 0 Å². The van der Waals surface area contributed by atoms with Gasteiger partial charge in [-0.2, -0.15) is 0 Å². The number of hydrogen-bond donors (Lipinski definition) is 2. The lowest BCUT2D eigenvalue weighted by Crippen LogP contribution is -2.18. The molecule has 1 aromatic heterocycles. The van der Waals surface area contributed by atoms with Crippen molar-refractivity contribution in [3.8, 4) is 11.5 Å². The minimum atomic E-state index is -4.70. The summed E-state index contributed by atoms with van der Waals surface area (Å²) in [7, 11) is 0. The summed E-state index contributed by atoms with van der Waals surface area (Å²) in [5, 5.41) is 0. The van der Waals surface area contributed by atoms with Crippen LogP contribution < -0.4 is 20.7 Å². The van der Waals surface area contributed by atoms with Crippen LogP contribution in [-0.4, -0.2) is 18.0 Å². The molecule has 8 heteroatoms. The Kier molecular flexibility index (Phi) is 4.71. The Morgan fingerprint density at radius 2 is 2.00 bits per heavy atom. The fourth-order valence-electron chi connectivity index (χ4n) is 2.83. The molecule has 1 aromatic carbocycles. The maximum Gasteiger partial charge on any atom is 0.573 e. The maximum atomic E-state index is 12.5. The van der Waals surface area contributed by atoms with Gasteiger partial charge in [-0.25, -0.2) is 10.8 Å². The van der Waals surface area contributed by atoms with Gasteiger partial charge in [-0.05, 0) is 37.0 Å². The molecule has 0 radical (unpaired) electrons. The predicted octanol–water partition coefficient (Wildman–Crippen LogP) is 3.76. The van der Waals surface area contributed by atoms with Crippen molar-refractivity contribution >= 4 is 5.82 Å². The van der Waals surface area contributed by atoms with Gasteiger partial charge in [-0.15, -0.1) is 13.2 Å². The zero-order chi connectivity index (χ0) is 18.0. The molecule has 1 saturated carbocycles. The quantitative estimate of drug-likeness (QED) is 0.611. The van der Waals surface area contributed by atoms with Crippen molar-refractivity contribution in [2.45, 2.75) is 25.6 Å². The van der Waals surface area contributed by atoms with Crippen LogP contribution in [0.1, 0.15) is 23.5 Å². The third kappa shape index (κ3) is 4.14. The first kappa shape index (κ1) is 17.3. The zero-order valence-electron chi connectivity index (χ0n) is 13.5. The molecular formula is C17H18F3N3O2. The molecule has 134 valence electrons. The van der Waals surface area contributed by atoms with Gasteiger partial charge in [0.05, 0.1) is 6.61 Å². The summed E-state index contributed by atoms with van der Waals surface area (Å²) in [6.45, 7) is 2.23. The first-order valence-electron chi connectivity index (χ1n) is 7.78. The van der Waals surface area contributed by atoms with Crippen LogP contribution in [0.3, 0.4) is 0 Å². The summed E-state index contributed by atoms with van der Waals surface area (Å²) in [6, 6.07) is 7.97. The van der Waals surface area contributed by atoms with E-state index < -0.39 is 6.36 Å². The van der Waals surface area contributed by atoms with Gasteiger partial charge in [0.1, 0.15) is 17.3 Å². The molecule has 25 heavy (non-hydrogen) atoms. The second-order valence-electron chi connectivity index (χ2n) is 5.93. The minimum Gasteiger partial charge on any atom is -0.493 e. The molecule has 0 spiro atoms. The summed E-state index contributed by atoms with van der Waals surface area (Å²) in [5.74, 6) is 6.54. The molecule has 5 nitrogen and oxygen atoms in total. The summed E-state index contributed by atoms with van der Waals surface area (Å²) >= 11 is 0. The van der Waals surface area contributed by atoms with E-state index >= 15 is 0 Å². The summed E-state index contributed by atoms with van der Waals surface area (Å²) in [6.07, 6.45) is -2.37. The van der Waals surface area contributed by atoms with E-state index in [1.807, 2.05) is 6.92 Å². The van der Waals surface area contributed by atoms with Gasteiger partial charge in [0.2, 0.25) is 0 Å². The van der Waals surface area contributed by atoms with Crippen LogP contribution in [0.5, 0.6) is 11.5 Å². The minimum absolute atomic E-state index is 0.00667. The Bertz CT molecular complexity index is 752. The first-order chi connectivity index (χ1) is 11.9. The Morgan fingerprint density at radius 3 is 2.72 bits per heavy atom. The molecule has 3 N–H and O–H groups in total. The third-order valence-corrected chi connectivity index (χ3v) is 4.21. The number of nitrogen functional groups attached to an aromatic ring is 1. The lowest BCUT2D eigenvalue weighted by atomic mass is 10.1. The second-order valence-corrected chi connectivity index (χ2v) is 5.93. The molecule has 1 fully saturated rings. The van der Waals surface area contributed by atoms with E-state index in [2.05, 4.69) is 15.1 Å². The van der Waals surface area contributed by atoms with Crippen LogP contribution in [0.25, 0.3) is 0 Å². The highest BCUT2D eigenvalue weighted by molar-refractivity contribution is 5.49. The number of nitrogens with zero attached hydrogens (tertiary/aromatic N) is 1. The summed E-state index contributed by atoms with van der Waals surface area (Å²) in [4.78, 5) is 4.07. The number of nitrogens with one attached hydrogen (secondary N) is 1. The number of rotatable bonds is 6. The molecule has 1 heterocycles. The molecule has 2 atom stereocenters. The number of hydrogen-bond acceptors (Lipinski definition) is 5. The van der Waals surface area contributed by atoms with Gasteiger partial charge in [-0.1, -0.05) is 18.2 Å². The number of nitrogens with two attached hydrogens (primary N) is 1. The van der Waals surface area contributed by atoms with E-state index in [9.17, 15) is 13.2 Å². The molecule has 1 aliphatic carbocycles. The highest BCUT2D eigenvalue weighted by Gasteiger charge is 2.42. The number of alkyl halides is 3. The molecule has 0 saturated heterocycles. The Labute approximate surface area is 142 Å². The van der Waals surface area contributed by atoms with Gasteiger partial charge >= 0.3 is 6.36 Å². The maximum absolute atomic E-state index is 12.5. The molecule has 0 aliphatic heterocycles. The van der Waals surface area contributed by atoms with Crippen molar-refractivity contribution in [2.24, 2.45) is 11.8 Å². The van der Waals surface area contributed by atoms with Crippen molar-refractivity contribution in [3.05, 3.63) is 47.7 Å². The number of aromatic nitrogens is 1. The number of hydrazine groups is 1. The van der Waals surface area contributed by atoms with Crippen LogP contribution in [0.4, 0.5) is 19.0 Å². The van der Waals surface area contributed by atoms with Crippen LogP contribution in [0.2, 0.25) is 0 Å². The molecule has 0 bridgehead atoms. The van der Waals surface area contributed by atoms with Crippen molar-refractivity contribution < 1.29 is 22.6 Å². The Hall–Kier alpha value is -2.48. The standard InChI is InChI=1S/C17H18F3N3O2/c1-10-14(6-7-22-16(10)23-21)24-9-11-8-13(11)12-4-2-3-5-15(12)25-17(18,19)20/h2-7,11,13H,8-9,21H2,1H3,(H,22,23)/t11-,13+/m1/s1. The zero-order valence-corrected chi connectivity index (χ0v) is 13.5. The lowest BCUT2D eigenvalue weighted by molar-refractivity contribution is -0.274. The highest BCUT2D eigenvalue weighted by atomic mass is 19.4. The molecule has 1 aliphatic rings. The van der Waals surface area contributed by atoms with Crippen LogP contribution in [-0.2, 0) is 0 Å². The van der Waals surface area contributed by atoms with Gasteiger partial charge < -0.3 is 14.9 Å². The molecule has 3 rings (SSSR count). The lowest BCUT2D eigenvalue weighted by Gasteiger charge is -2.14. The average molecular weight is 353 g/mol. The second kappa shape index (κ2) is 6.79. The normalized spacial score (nSPS) is 19.4. The SMILES string of the molecule is Cc1c(OC[C@H]2C[C@@H]2c2ccccc2OC(F)(F)F)ccnc1NN. The third-order valence-electron chi connectivity index (χ3n) is 4.21. The van der Waals surface area contributed by atoms with Crippen LogP contribution in [0.15, 0.2) is 36.5 Å². The first-order valence-corrected chi connectivity index (χ1v) is 7.78. The number of ether oxygens (including phenoxy) is 2. The topological polar surface area (TPSA) is 69.4 Å². The highest BCUT2D eigenvalue weighted by Crippen LogP contribution is 2.51. The van der Waals surface area contributed by atoms with E-state index in [-0.39, 0.29) is 17.6 Å². The number of halogens is 3. The largest absolute Gasteiger partial charge is 0.573 e. The van der Waals surface area contributed by atoms with Gasteiger partial charge in [0, 0.05) is 17.7 Å². The molecule has 2 aromatic rings. The predicted molar refractivity (Wildman–Crippen MR) is 86.3 cm³/mol. The fourth-order valence-corrected chi connectivity index (χ4v) is 2.83. The van der Waals surface area contributed by atoms with E-state index in [0.717, 1.165) is 12.0 Å².